The molecule has 1 aliphatic heterocycles. The molecule has 0 bridgehead atoms. The van der Waals surface area contributed by atoms with Gasteiger partial charge in [0.05, 0.1) is 12.1 Å². The number of nitrogens with zero attached hydrogens (tertiary/aromatic N) is 2. The van der Waals surface area contributed by atoms with Crippen molar-refractivity contribution < 1.29 is 23.5 Å². The van der Waals surface area contributed by atoms with Crippen molar-refractivity contribution in [3.05, 3.63) is 29.8 Å². The third-order valence-electron chi connectivity index (χ3n) is 3.85. The van der Waals surface area contributed by atoms with Crippen LogP contribution in [0.5, 0.6) is 0 Å². The van der Waals surface area contributed by atoms with Gasteiger partial charge in [-0.05, 0) is 19.2 Å². The molecule has 1 fully saturated rings. The van der Waals surface area contributed by atoms with Gasteiger partial charge < -0.3 is 15.3 Å². The number of carbonyl (C=O) groups excluding carboxylic acids is 1. The minimum absolute atomic E-state index is 0.168. The first kappa shape index (κ1) is 17.3. The highest BCUT2D eigenvalue weighted by Crippen LogP contribution is 2.16. The molecule has 1 aliphatic rings. The van der Waals surface area contributed by atoms with E-state index in [-0.39, 0.29) is 12.1 Å². The summed E-state index contributed by atoms with van der Waals surface area (Å²) in [7, 11) is 1.94. The molecule has 0 saturated carbocycles. The molecule has 2 N–H and O–H groups in total. The summed E-state index contributed by atoms with van der Waals surface area (Å²) in [5, 5.41) is 11.6. The predicted molar refractivity (Wildman–Crippen MR) is 80.1 cm³/mol. The Morgan fingerprint density at radius 1 is 1.26 bits per heavy atom. The van der Waals surface area contributed by atoms with Crippen molar-refractivity contribution in [2.24, 2.45) is 0 Å². The Morgan fingerprint density at radius 3 is 2.48 bits per heavy atom. The average Bonchev–Trinajstić information content (AvgIpc) is 2.48. The summed E-state index contributed by atoms with van der Waals surface area (Å²) in [5.74, 6) is -3.36. The van der Waals surface area contributed by atoms with Crippen molar-refractivity contribution >= 4 is 17.6 Å². The number of anilines is 1. The summed E-state index contributed by atoms with van der Waals surface area (Å²) in [5.41, 5.74) is -0.168. The fraction of sp³-hybridized carbons (Fsp3) is 0.467. The topological polar surface area (TPSA) is 72.9 Å². The van der Waals surface area contributed by atoms with E-state index in [0.717, 1.165) is 25.2 Å². The van der Waals surface area contributed by atoms with Gasteiger partial charge >= 0.3 is 5.97 Å². The summed E-state index contributed by atoms with van der Waals surface area (Å²) < 4.78 is 26.4. The molecule has 0 aliphatic carbocycles. The first-order chi connectivity index (χ1) is 10.9. The molecule has 0 radical (unpaired) electrons. The first-order valence-electron chi connectivity index (χ1n) is 7.27. The van der Waals surface area contributed by atoms with Gasteiger partial charge in [-0.2, -0.15) is 0 Å². The van der Waals surface area contributed by atoms with E-state index < -0.39 is 29.6 Å². The number of hydrogen-bond acceptors (Lipinski definition) is 4. The van der Waals surface area contributed by atoms with Crippen molar-refractivity contribution in [3.8, 4) is 0 Å². The van der Waals surface area contributed by atoms with Crippen LogP contribution in [0.15, 0.2) is 18.2 Å². The van der Waals surface area contributed by atoms with E-state index in [1.54, 1.807) is 4.90 Å². The maximum atomic E-state index is 13.5. The summed E-state index contributed by atoms with van der Waals surface area (Å²) in [6.07, 6.45) is -0.296. The maximum absolute atomic E-state index is 13.5. The van der Waals surface area contributed by atoms with E-state index in [0.29, 0.717) is 19.2 Å². The summed E-state index contributed by atoms with van der Waals surface area (Å²) in [6.45, 7) is 2.54. The lowest BCUT2D eigenvalue weighted by Crippen LogP contribution is -2.52. The number of aliphatic carboxylic acids is 1. The lowest BCUT2D eigenvalue weighted by Gasteiger charge is -2.35. The van der Waals surface area contributed by atoms with Gasteiger partial charge in [-0.1, -0.05) is 0 Å². The summed E-state index contributed by atoms with van der Waals surface area (Å²) in [4.78, 5) is 27.2. The highest BCUT2D eigenvalue weighted by atomic mass is 19.1. The molecule has 8 heteroatoms. The lowest BCUT2D eigenvalue weighted by molar-refractivity contribution is -0.145. The summed E-state index contributed by atoms with van der Waals surface area (Å²) in [6, 6.07) is 1.82. The Morgan fingerprint density at radius 2 is 1.91 bits per heavy atom. The lowest BCUT2D eigenvalue weighted by atomic mass is 10.1. The Balaban J connectivity index is 1.99. The van der Waals surface area contributed by atoms with E-state index in [1.165, 1.54) is 0 Å². The number of likely N-dealkylation sites (N-methyl/N-ethyl adjacent to an activating group) is 1. The quantitative estimate of drug-likeness (QED) is 0.844. The van der Waals surface area contributed by atoms with Gasteiger partial charge in [-0.3, -0.25) is 14.5 Å². The van der Waals surface area contributed by atoms with Crippen LogP contribution in [0.4, 0.5) is 14.5 Å². The number of halogens is 2. The number of carbonyl (C=O) groups is 2. The van der Waals surface area contributed by atoms with Crippen molar-refractivity contribution in [2.75, 3.05) is 38.5 Å². The van der Waals surface area contributed by atoms with Crippen LogP contribution in [0.25, 0.3) is 0 Å². The zero-order valence-corrected chi connectivity index (χ0v) is 12.8. The molecule has 23 heavy (non-hydrogen) atoms. The zero-order chi connectivity index (χ0) is 17.0. The Kier molecular flexibility index (Phi) is 5.62. The molecular formula is C15H19F2N3O3. The molecule has 1 atom stereocenters. The number of carboxylic acids is 1. The molecule has 126 valence electrons. The van der Waals surface area contributed by atoms with E-state index in [9.17, 15) is 23.5 Å². The van der Waals surface area contributed by atoms with Gasteiger partial charge in [0.25, 0.3) is 0 Å². The van der Waals surface area contributed by atoms with E-state index in [1.807, 2.05) is 7.05 Å². The number of rotatable bonds is 5. The largest absolute Gasteiger partial charge is 0.480 e. The van der Waals surface area contributed by atoms with Crippen LogP contribution < -0.4 is 5.32 Å². The number of benzene rings is 1. The molecular weight excluding hydrogens is 308 g/mol. The molecule has 1 heterocycles. The second-order valence-corrected chi connectivity index (χ2v) is 5.57. The summed E-state index contributed by atoms with van der Waals surface area (Å²) >= 11 is 0. The number of nitrogens with one attached hydrogen (secondary N) is 1. The highest BCUT2D eigenvalue weighted by Gasteiger charge is 2.30. The maximum Gasteiger partial charge on any atom is 0.321 e. The van der Waals surface area contributed by atoms with Gasteiger partial charge in [-0.25, -0.2) is 8.78 Å². The minimum Gasteiger partial charge on any atom is -0.480 e. The molecule has 1 saturated heterocycles. The van der Waals surface area contributed by atoms with Gasteiger partial charge in [0.1, 0.15) is 17.7 Å². The van der Waals surface area contributed by atoms with Crippen LogP contribution in [0.3, 0.4) is 0 Å². The minimum atomic E-state index is -1.09. The molecule has 0 aromatic heterocycles. The second kappa shape index (κ2) is 7.47. The van der Waals surface area contributed by atoms with Gasteiger partial charge in [0, 0.05) is 32.2 Å². The molecule has 1 aromatic carbocycles. The highest BCUT2D eigenvalue weighted by molar-refractivity contribution is 5.94. The molecule has 0 unspecified atom stereocenters. The molecule has 0 spiro atoms. The molecule has 1 aromatic rings. The Bertz CT molecular complexity index is 589. The average molecular weight is 327 g/mol. The third-order valence-corrected chi connectivity index (χ3v) is 3.85. The number of amides is 1. The Hall–Kier alpha value is -2.06. The standard InChI is InChI=1S/C15H19F2N3O3/c1-19-4-6-20(7-5-19)13(15(22)23)9-14(21)18-12-3-2-10(16)8-11(12)17/h2-3,8,13H,4-7,9H2,1H3,(H,18,21)(H,22,23)/t13-/m1/s1. The van der Waals surface area contributed by atoms with E-state index >= 15 is 0 Å². The van der Waals surface area contributed by atoms with Gasteiger partial charge in [0.15, 0.2) is 0 Å². The molecule has 6 nitrogen and oxygen atoms in total. The number of hydrogen-bond donors (Lipinski definition) is 2. The fourth-order valence-electron chi connectivity index (χ4n) is 2.47. The van der Waals surface area contributed by atoms with Crippen LogP contribution in [0.2, 0.25) is 0 Å². The van der Waals surface area contributed by atoms with Crippen LogP contribution in [-0.2, 0) is 9.59 Å². The van der Waals surface area contributed by atoms with Crippen LogP contribution in [-0.4, -0.2) is 66.1 Å². The van der Waals surface area contributed by atoms with Crippen LogP contribution in [0, 0.1) is 11.6 Å². The van der Waals surface area contributed by atoms with Crippen molar-refractivity contribution in [1.29, 1.82) is 0 Å². The normalized spacial score (nSPS) is 17.7. The predicted octanol–water partition coefficient (Wildman–Crippen LogP) is 0.994. The Labute approximate surface area is 132 Å². The third kappa shape index (κ3) is 4.70. The van der Waals surface area contributed by atoms with Gasteiger partial charge in [0.2, 0.25) is 5.91 Å². The molecule has 1 amide bonds. The SMILES string of the molecule is CN1CCN([C@H](CC(=O)Nc2ccc(F)cc2F)C(=O)O)CC1. The van der Waals surface area contributed by atoms with E-state index in [4.69, 9.17) is 0 Å². The van der Waals surface area contributed by atoms with Crippen molar-refractivity contribution in [3.63, 3.8) is 0 Å². The molecule has 2 rings (SSSR count). The first-order valence-corrected chi connectivity index (χ1v) is 7.27. The van der Waals surface area contributed by atoms with Crippen LogP contribution >= 0.6 is 0 Å². The second-order valence-electron chi connectivity index (χ2n) is 5.57. The smallest absolute Gasteiger partial charge is 0.321 e. The fourth-order valence-corrected chi connectivity index (χ4v) is 2.47. The number of carboxylic acid groups (broad SMARTS) is 1. The van der Waals surface area contributed by atoms with Crippen molar-refractivity contribution in [2.45, 2.75) is 12.5 Å². The zero-order valence-electron chi connectivity index (χ0n) is 12.8. The number of piperazine rings is 1. The van der Waals surface area contributed by atoms with Crippen LogP contribution in [0.1, 0.15) is 6.42 Å². The van der Waals surface area contributed by atoms with Gasteiger partial charge in [-0.15, -0.1) is 0 Å². The monoisotopic (exact) mass is 327 g/mol. The van der Waals surface area contributed by atoms with Crippen molar-refractivity contribution in [1.82, 2.24) is 9.80 Å². The van der Waals surface area contributed by atoms with E-state index in [2.05, 4.69) is 10.2 Å².